The van der Waals surface area contributed by atoms with Crippen LogP contribution in [0.5, 0.6) is 11.5 Å². The fourth-order valence-electron chi connectivity index (χ4n) is 3.82. The SMILES string of the molecule is COc1ccccc1OCCN1CCCC(CNC(=O)C2CCCN2)C1.Cl. The molecule has 1 aromatic carbocycles. The number of ether oxygens (including phenoxy) is 2. The van der Waals surface area contributed by atoms with Gasteiger partial charge in [0.25, 0.3) is 0 Å². The number of likely N-dealkylation sites (tertiary alicyclic amines) is 1. The number of amides is 1. The first-order valence-electron chi connectivity index (χ1n) is 9.75. The molecular weight excluding hydrogens is 366 g/mol. The van der Waals surface area contributed by atoms with Gasteiger partial charge in [-0.2, -0.15) is 0 Å². The van der Waals surface area contributed by atoms with E-state index >= 15 is 0 Å². The minimum Gasteiger partial charge on any atom is -0.493 e. The van der Waals surface area contributed by atoms with E-state index in [9.17, 15) is 4.79 Å². The summed E-state index contributed by atoms with van der Waals surface area (Å²) in [5.74, 6) is 2.26. The maximum Gasteiger partial charge on any atom is 0.237 e. The number of piperidine rings is 1. The quantitative estimate of drug-likeness (QED) is 0.703. The van der Waals surface area contributed by atoms with Crippen LogP contribution in [-0.2, 0) is 4.79 Å². The molecule has 27 heavy (non-hydrogen) atoms. The van der Waals surface area contributed by atoms with Gasteiger partial charge in [-0.25, -0.2) is 0 Å². The van der Waals surface area contributed by atoms with Gasteiger partial charge in [0.2, 0.25) is 5.91 Å². The van der Waals surface area contributed by atoms with E-state index in [1.54, 1.807) is 7.11 Å². The van der Waals surface area contributed by atoms with E-state index < -0.39 is 0 Å². The summed E-state index contributed by atoms with van der Waals surface area (Å²) >= 11 is 0. The summed E-state index contributed by atoms with van der Waals surface area (Å²) in [5, 5.41) is 6.39. The molecule has 1 aromatic rings. The first-order valence-corrected chi connectivity index (χ1v) is 9.75. The summed E-state index contributed by atoms with van der Waals surface area (Å²) in [4.78, 5) is 14.6. The first-order chi connectivity index (χ1) is 12.8. The normalized spacial score (nSPS) is 22.7. The van der Waals surface area contributed by atoms with Crippen molar-refractivity contribution < 1.29 is 14.3 Å². The van der Waals surface area contributed by atoms with Crippen molar-refractivity contribution in [2.24, 2.45) is 5.92 Å². The van der Waals surface area contributed by atoms with Crippen molar-refractivity contribution >= 4 is 18.3 Å². The third kappa shape index (κ3) is 6.55. The molecule has 0 spiro atoms. The van der Waals surface area contributed by atoms with Crippen LogP contribution in [0.4, 0.5) is 0 Å². The predicted octanol–water partition coefficient (Wildman–Crippen LogP) is 2.08. The Kier molecular flexibility index (Phi) is 9.18. The van der Waals surface area contributed by atoms with Crippen LogP contribution in [0.3, 0.4) is 0 Å². The molecule has 2 atom stereocenters. The maximum atomic E-state index is 12.1. The Labute approximate surface area is 168 Å². The minimum atomic E-state index is 0. The van der Waals surface area contributed by atoms with Gasteiger partial charge < -0.3 is 20.1 Å². The lowest BCUT2D eigenvalue weighted by Crippen LogP contribution is -2.46. The van der Waals surface area contributed by atoms with E-state index in [1.807, 2.05) is 24.3 Å². The lowest BCUT2D eigenvalue weighted by molar-refractivity contribution is -0.123. The van der Waals surface area contributed by atoms with Crippen molar-refractivity contribution in [1.82, 2.24) is 15.5 Å². The van der Waals surface area contributed by atoms with E-state index in [0.717, 1.165) is 57.1 Å². The Bertz CT molecular complexity index is 581. The van der Waals surface area contributed by atoms with Gasteiger partial charge in [-0.1, -0.05) is 12.1 Å². The molecule has 2 unspecified atom stereocenters. The highest BCUT2D eigenvalue weighted by Gasteiger charge is 2.24. The molecule has 7 heteroatoms. The highest BCUT2D eigenvalue weighted by Crippen LogP contribution is 2.25. The van der Waals surface area contributed by atoms with Crippen LogP contribution in [0.25, 0.3) is 0 Å². The number of methoxy groups -OCH3 is 1. The number of hydrogen-bond donors (Lipinski definition) is 2. The zero-order chi connectivity index (χ0) is 18.2. The fourth-order valence-corrected chi connectivity index (χ4v) is 3.82. The second-order valence-corrected chi connectivity index (χ2v) is 7.20. The van der Waals surface area contributed by atoms with Gasteiger partial charge in [-0.3, -0.25) is 9.69 Å². The Balaban J connectivity index is 0.00000261. The van der Waals surface area contributed by atoms with Crippen LogP contribution in [0.15, 0.2) is 24.3 Å². The highest BCUT2D eigenvalue weighted by molar-refractivity contribution is 5.85. The Hall–Kier alpha value is -1.50. The van der Waals surface area contributed by atoms with Crippen molar-refractivity contribution in [3.05, 3.63) is 24.3 Å². The average Bonchev–Trinajstić information content (AvgIpc) is 3.22. The van der Waals surface area contributed by atoms with Crippen LogP contribution in [-0.4, -0.2) is 63.3 Å². The second kappa shape index (κ2) is 11.4. The molecule has 0 bridgehead atoms. The average molecular weight is 398 g/mol. The molecule has 2 N–H and O–H groups in total. The first kappa shape index (κ1) is 21.8. The van der Waals surface area contributed by atoms with Crippen LogP contribution in [0.2, 0.25) is 0 Å². The molecule has 0 aliphatic carbocycles. The number of nitrogens with zero attached hydrogens (tertiary/aromatic N) is 1. The van der Waals surface area contributed by atoms with Gasteiger partial charge in [-0.15, -0.1) is 12.4 Å². The second-order valence-electron chi connectivity index (χ2n) is 7.20. The van der Waals surface area contributed by atoms with Gasteiger partial charge in [-0.05, 0) is 56.8 Å². The molecule has 0 saturated carbocycles. The third-order valence-electron chi connectivity index (χ3n) is 5.28. The summed E-state index contributed by atoms with van der Waals surface area (Å²) in [6.45, 7) is 5.40. The van der Waals surface area contributed by atoms with Gasteiger partial charge in [0.1, 0.15) is 6.61 Å². The summed E-state index contributed by atoms with van der Waals surface area (Å²) in [5.41, 5.74) is 0. The van der Waals surface area contributed by atoms with E-state index in [2.05, 4.69) is 15.5 Å². The predicted molar refractivity (Wildman–Crippen MR) is 109 cm³/mol. The summed E-state index contributed by atoms with van der Waals surface area (Å²) in [6, 6.07) is 7.76. The Morgan fingerprint density at radius 1 is 1.26 bits per heavy atom. The van der Waals surface area contributed by atoms with E-state index in [0.29, 0.717) is 12.5 Å². The molecule has 3 rings (SSSR count). The molecule has 0 radical (unpaired) electrons. The zero-order valence-electron chi connectivity index (χ0n) is 16.1. The number of benzene rings is 1. The van der Waals surface area contributed by atoms with Crippen molar-refractivity contribution in [3.63, 3.8) is 0 Å². The molecule has 2 saturated heterocycles. The number of nitrogens with one attached hydrogen (secondary N) is 2. The molecule has 6 nitrogen and oxygen atoms in total. The number of carbonyl (C=O) groups is 1. The van der Waals surface area contributed by atoms with Crippen LogP contribution in [0, 0.1) is 5.92 Å². The number of halogens is 1. The largest absolute Gasteiger partial charge is 0.493 e. The molecule has 2 aliphatic heterocycles. The lowest BCUT2D eigenvalue weighted by atomic mass is 9.98. The molecule has 2 aliphatic rings. The maximum absolute atomic E-state index is 12.1. The van der Waals surface area contributed by atoms with E-state index in [4.69, 9.17) is 9.47 Å². The van der Waals surface area contributed by atoms with Crippen LogP contribution >= 0.6 is 12.4 Å². The third-order valence-corrected chi connectivity index (χ3v) is 5.28. The number of carbonyl (C=O) groups excluding carboxylic acids is 1. The van der Waals surface area contributed by atoms with Crippen LogP contribution < -0.4 is 20.1 Å². The van der Waals surface area contributed by atoms with Crippen molar-refractivity contribution in [3.8, 4) is 11.5 Å². The van der Waals surface area contributed by atoms with Crippen molar-refractivity contribution in [1.29, 1.82) is 0 Å². The van der Waals surface area contributed by atoms with Gasteiger partial charge in [0.15, 0.2) is 11.5 Å². The molecule has 2 heterocycles. The Morgan fingerprint density at radius 3 is 2.81 bits per heavy atom. The number of rotatable bonds is 8. The molecule has 0 aromatic heterocycles. The topological polar surface area (TPSA) is 62.8 Å². The van der Waals surface area contributed by atoms with Crippen molar-refractivity contribution in [2.75, 3.05) is 46.4 Å². The minimum absolute atomic E-state index is 0. The zero-order valence-corrected chi connectivity index (χ0v) is 16.9. The monoisotopic (exact) mass is 397 g/mol. The van der Waals surface area contributed by atoms with E-state index in [-0.39, 0.29) is 24.4 Å². The number of hydrogen-bond acceptors (Lipinski definition) is 5. The van der Waals surface area contributed by atoms with Gasteiger partial charge in [0, 0.05) is 19.6 Å². The lowest BCUT2D eigenvalue weighted by Gasteiger charge is -2.32. The smallest absolute Gasteiger partial charge is 0.237 e. The molecule has 152 valence electrons. The summed E-state index contributed by atoms with van der Waals surface area (Å²) < 4.78 is 11.2. The van der Waals surface area contributed by atoms with Crippen LogP contribution in [0.1, 0.15) is 25.7 Å². The summed E-state index contributed by atoms with van der Waals surface area (Å²) in [7, 11) is 1.66. The highest BCUT2D eigenvalue weighted by atomic mass is 35.5. The molecular formula is C20H32ClN3O3. The molecule has 2 fully saturated rings. The van der Waals surface area contributed by atoms with E-state index in [1.165, 1.54) is 12.8 Å². The number of para-hydroxylation sites is 2. The Morgan fingerprint density at radius 2 is 2.07 bits per heavy atom. The standard InChI is InChI=1S/C20H31N3O3.ClH/c1-25-18-8-2-3-9-19(18)26-13-12-23-11-5-6-16(15-23)14-22-20(24)17-7-4-10-21-17;/h2-3,8-9,16-17,21H,4-7,10-15H2,1H3,(H,22,24);1H. The van der Waals surface area contributed by atoms with Gasteiger partial charge >= 0.3 is 0 Å². The fraction of sp³-hybridized carbons (Fsp3) is 0.650. The molecule has 1 amide bonds. The van der Waals surface area contributed by atoms with Crippen molar-refractivity contribution in [2.45, 2.75) is 31.7 Å². The summed E-state index contributed by atoms with van der Waals surface area (Å²) in [6.07, 6.45) is 4.42. The van der Waals surface area contributed by atoms with Gasteiger partial charge in [0.05, 0.1) is 13.2 Å².